The van der Waals surface area contributed by atoms with Gasteiger partial charge >= 0.3 is 0 Å². The lowest BCUT2D eigenvalue weighted by molar-refractivity contribution is -0.113. The summed E-state index contributed by atoms with van der Waals surface area (Å²) in [5.41, 5.74) is 1.42. The maximum Gasteiger partial charge on any atom is 0.271 e. The summed E-state index contributed by atoms with van der Waals surface area (Å²) in [6.45, 7) is 2.26. The van der Waals surface area contributed by atoms with Crippen molar-refractivity contribution in [3.63, 3.8) is 0 Å². The fourth-order valence-corrected chi connectivity index (χ4v) is 3.33. The number of Topliss-reactive ketones (excluding diaryl/α,β-unsaturated/α-hetero) is 1. The van der Waals surface area contributed by atoms with Crippen molar-refractivity contribution in [2.45, 2.75) is 6.92 Å². The molecule has 1 amide bonds. The Bertz CT molecular complexity index is 1220. The van der Waals surface area contributed by atoms with Gasteiger partial charge in [-0.25, -0.2) is 0 Å². The van der Waals surface area contributed by atoms with E-state index in [0.29, 0.717) is 17.8 Å². The van der Waals surface area contributed by atoms with Crippen LogP contribution < -0.4 is 21.0 Å². The Hall–Kier alpha value is -3.67. The zero-order valence-corrected chi connectivity index (χ0v) is 14.7. The molecule has 0 saturated carbocycles. The Labute approximate surface area is 154 Å². The topological polar surface area (TPSA) is 86.0 Å². The molecule has 0 spiro atoms. The van der Waals surface area contributed by atoms with Gasteiger partial charge in [0.25, 0.3) is 11.5 Å². The van der Waals surface area contributed by atoms with E-state index >= 15 is 0 Å². The summed E-state index contributed by atoms with van der Waals surface area (Å²) in [7, 11) is 0. The van der Waals surface area contributed by atoms with Gasteiger partial charge in [0.2, 0.25) is 5.78 Å². The van der Waals surface area contributed by atoms with E-state index in [4.69, 9.17) is 0 Å². The molecular formula is C21H17N3O3. The minimum Gasteiger partial charge on any atom is -0.308 e. The summed E-state index contributed by atoms with van der Waals surface area (Å²) in [4.78, 5) is 40.0. The Balaban J connectivity index is 2.06. The standard InChI is InChI=1S/C21H17N3O3/c1-2-24-16-11-7-6-10-14(16)19(25)17(21(24)27)18-15(20(26)23-22-18)12-13-8-4-3-5-9-13/h3-12,22H,2H2,1H3,(H,23,26)/b15-12+,18-17?. The Morgan fingerprint density at radius 2 is 1.63 bits per heavy atom. The Kier molecular flexibility index (Phi) is 4.08. The highest BCUT2D eigenvalue weighted by Crippen LogP contribution is 2.29. The molecule has 3 aromatic rings. The molecule has 2 heterocycles. The number of H-pyrrole nitrogens is 2. The summed E-state index contributed by atoms with van der Waals surface area (Å²) >= 11 is 0. The molecule has 1 aliphatic heterocycles. The SMILES string of the molecule is CCN1C(=O)C(=c2[nH][nH]c(=O)/c2=C/c2ccccc2)C(=O)c2ccccc21. The molecule has 0 saturated heterocycles. The molecular weight excluding hydrogens is 342 g/mol. The summed E-state index contributed by atoms with van der Waals surface area (Å²) in [5, 5.41) is 5.70. The van der Waals surface area contributed by atoms with Crippen LogP contribution in [0, 0.1) is 0 Å². The third-order valence-corrected chi connectivity index (χ3v) is 4.62. The highest BCUT2D eigenvalue weighted by Gasteiger charge is 2.34. The number of rotatable bonds is 2. The minimum absolute atomic E-state index is 0.0314. The fraction of sp³-hybridized carbons (Fsp3) is 0.0952. The molecule has 6 heteroatoms. The first-order valence-corrected chi connectivity index (χ1v) is 8.65. The molecule has 0 atom stereocenters. The summed E-state index contributed by atoms with van der Waals surface area (Å²) in [6, 6.07) is 16.3. The number of carbonyl (C=O) groups excluding carboxylic acids is 2. The molecule has 27 heavy (non-hydrogen) atoms. The van der Waals surface area contributed by atoms with Crippen LogP contribution in [0.1, 0.15) is 22.8 Å². The van der Waals surface area contributed by atoms with Gasteiger partial charge in [-0.2, -0.15) is 0 Å². The zero-order valence-electron chi connectivity index (χ0n) is 14.7. The van der Waals surface area contributed by atoms with Crippen molar-refractivity contribution < 1.29 is 9.59 Å². The Morgan fingerprint density at radius 1 is 0.926 bits per heavy atom. The first kappa shape index (κ1) is 16.8. The number of carbonyl (C=O) groups is 2. The zero-order chi connectivity index (χ0) is 19.0. The highest BCUT2D eigenvalue weighted by atomic mass is 16.2. The van der Waals surface area contributed by atoms with Gasteiger partial charge in [-0.05, 0) is 30.7 Å². The molecule has 0 bridgehead atoms. The van der Waals surface area contributed by atoms with E-state index in [2.05, 4.69) is 10.2 Å². The van der Waals surface area contributed by atoms with E-state index in [1.807, 2.05) is 37.3 Å². The number of benzene rings is 2. The largest absolute Gasteiger partial charge is 0.308 e. The maximum atomic E-state index is 13.1. The normalized spacial score (nSPS) is 16.6. The average Bonchev–Trinajstić information content (AvgIpc) is 3.04. The highest BCUT2D eigenvalue weighted by molar-refractivity contribution is 6.51. The van der Waals surface area contributed by atoms with E-state index in [1.165, 1.54) is 0 Å². The van der Waals surface area contributed by atoms with Gasteiger partial charge in [-0.1, -0.05) is 42.5 Å². The van der Waals surface area contributed by atoms with Crippen LogP contribution in [0.3, 0.4) is 0 Å². The monoisotopic (exact) mass is 359 g/mol. The van der Waals surface area contributed by atoms with Gasteiger partial charge in [0.15, 0.2) is 0 Å². The van der Waals surface area contributed by atoms with Crippen LogP contribution in [0.2, 0.25) is 0 Å². The smallest absolute Gasteiger partial charge is 0.271 e. The van der Waals surface area contributed by atoms with Crippen molar-refractivity contribution in [1.29, 1.82) is 0 Å². The minimum atomic E-state index is -0.417. The second kappa shape index (κ2) is 6.57. The summed E-state index contributed by atoms with van der Waals surface area (Å²) < 4.78 is 0. The average molecular weight is 359 g/mol. The Morgan fingerprint density at radius 3 is 2.37 bits per heavy atom. The molecule has 1 aromatic heterocycles. The molecule has 134 valence electrons. The van der Waals surface area contributed by atoms with Crippen LogP contribution in [0.4, 0.5) is 5.69 Å². The maximum absolute atomic E-state index is 13.1. The summed E-state index contributed by atoms with van der Waals surface area (Å²) in [6.07, 6.45) is 1.66. The number of fused-ring (bicyclic) bond motifs is 1. The van der Waals surface area contributed by atoms with Gasteiger partial charge in [0.1, 0.15) is 5.57 Å². The number of hydrogen-bond acceptors (Lipinski definition) is 3. The first-order chi connectivity index (χ1) is 13.1. The second-order valence-electron chi connectivity index (χ2n) is 6.19. The molecule has 0 unspecified atom stereocenters. The number of hydrogen-bond donors (Lipinski definition) is 2. The number of anilines is 1. The molecule has 6 nitrogen and oxygen atoms in total. The predicted octanol–water partition coefficient (Wildman–Crippen LogP) is 0.932. The summed E-state index contributed by atoms with van der Waals surface area (Å²) in [5.74, 6) is -0.808. The number of aromatic amines is 2. The number of ketones is 1. The molecule has 4 rings (SSSR count). The second-order valence-corrected chi connectivity index (χ2v) is 6.19. The fourth-order valence-electron chi connectivity index (χ4n) is 3.33. The lowest BCUT2D eigenvalue weighted by atomic mass is 9.94. The van der Waals surface area contributed by atoms with Gasteiger partial charge in [0, 0.05) is 12.1 Å². The number of nitrogens with one attached hydrogen (secondary N) is 2. The molecule has 0 fully saturated rings. The molecule has 1 aliphatic rings. The van der Waals surface area contributed by atoms with Crippen molar-refractivity contribution in [2.75, 3.05) is 11.4 Å². The van der Waals surface area contributed by atoms with Crippen LogP contribution in [0.5, 0.6) is 0 Å². The predicted molar refractivity (Wildman–Crippen MR) is 103 cm³/mol. The van der Waals surface area contributed by atoms with E-state index in [-0.39, 0.29) is 21.7 Å². The third-order valence-electron chi connectivity index (χ3n) is 4.62. The van der Waals surface area contributed by atoms with Gasteiger partial charge < -0.3 is 4.90 Å². The lowest BCUT2D eigenvalue weighted by Gasteiger charge is -2.28. The molecule has 0 aliphatic carbocycles. The quantitative estimate of drug-likeness (QED) is 0.714. The number of nitrogens with zero attached hydrogens (tertiary/aromatic N) is 1. The van der Waals surface area contributed by atoms with Crippen LogP contribution >= 0.6 is 0 Å². The van der Waals surface area contributed by atoms with Crippen molar-refractivity contribution in [3.05, 3.63) is 86.6 Å². The first-order valence-electron chi connectivity index (χ1n) is 8.65. The van der Waals surface area contributed by atoms with E-state index < -0.39 is 11.7 Å². The number of aromatic nitrogens is 2. The van der Waals surface area contributed by atoms with Gasteiger partial charge in [-0.3, -0.25) is 24.6 Å². The van der Waals surface area contributed by atoms with Crippen molar-refractivity contribution in [1.82, 2.24) is 10.2 Å². The number of amides is 1. The molecule has 2 N–H and O–H groups in total. The van der Waals surface area contributed by atoms with Crippen LogP contribution in [-0.4, -0.2) is 28.4 Å². The molecule has 0 radical (unpaired) electrons. The van der Waals surface area contributed by atoms with Crippen LogP contribution in [0.25, 0.3) is 11.6 Å². The van der Waals surface area contributed by atoms with E-state index in [1.54, 1.807) is 35.2 Å². The lowest BCUT2D eigenvalue weighted by Crippen LogP contribution is -2.45. The number of para-hydroxylation sites is 1. The third kappa shape index (κ3) is 2.71. The molecule has 2 aromatic carbocycles. The van der Waals surface area contributed by atoms with Crippen LogP contribution in [0.15, 0.2) is 59.4 Å². The van der Waals surface area contributed by atoms with Crippen molar-refractivity contribution >= 4 is 29.0 Å². The van der Waals surface area contributed by atoms with Crippen molar-refractivity contribution in [3.8, 4) is 0 Å². The van der Waals surface area contributed by atoms with E-state index in [0.717, 1.165) is 5.56 Å². The van der Waals surface area contributed by atoms with Gasteiger partial charge in [-0.15, -0.1) is 0 Å². The van der Waals surface area contributed by atoms with Gasteiger partial charge in [0.05, 0.1) is 16.3 Å². The van der Waals surface area contributed by atoms with Crippen LogP contribution in [-0.2, 0) is 4.79 Å². The van der Waals surface area contributed by atoms with Crippen molar-refractivity contribution in [2.24, 2.45) is 0 Å². The van der Waals surface area contributed by atoms with E-state index in [9.17, 15) is 14.4 Å².